The van der Waals surface area contributed by atoms with E-state index in [2.05, 4.69) is 32.1 Å². The average molecular weight is 146 g/mol. The van der Waals surface area contributed by atoms with E-state index in [1.54, 1.807) is 11.1 Å². The lowest BCUT2D eigenvalue weighted by Gasteiger charge is -2.03. The molecule has 0 aromatic carbocycles. The molecule has 0 radical (unpaired) electrons. The predicted molar refractivity (Wildman–Crippen MR) is 48.3 cm³/mol. The molecular weight excluding hydrogens is 132 g/mol. The molecule has 0 spiro atoms. The average Bonchev–Trinajstić information content (AvgIpc) is 2.65. The van der Waals surface area contributed by atoms with Gasteiger partial charge in [0.1, 0.15) is 0 Å². The fourth-order valence-electron chi connectivity index (χ4n) is 1.62. The van der Waals surface area contributed by atoms with E-state index in [1.807, 2.05) is 0 Å². The lowest BCUT2D eigenvalue weighted by Crippen LogP contribution is -1.85. The van der Waals surface area contributed by atoms with Gasteiger partial charge < -0.3 is 0 Å². The van der Waals surface area contributed by atoms with E-state index in [-0.39, 0.29) is 0 Å². The SMILES string of the molecule is CC1=C(C)CC2CC2=CC=C1. The van der Waals surface area contributed by atoms with E-state index in [4.69, 9.17) is 0 Å². The molecule has 0 aliphatic heterocycles. The molecule has 0 aromatic heterocycles. The summed E-state index contributed by atoms with van der Waals surface area (Å²) in [6.07, 6.45) is 9.32. The number of fused-ring (bicyclic) bond motifs is 1. The molecule has 0 saturated heterocycles. The molecule has 2 aliphatic rings. The highest BCUT2D eigenvalue weighted by molar-refractivity contribution is 5.37. The topological polar surface area (TPSA) is 0 Å². The second-order valence-corrected chi connectivity index (χ2v) is 3.67. The molecule has 58 valence electrons. The monoisotopic (exact) mass is 146 g/mol. The van der Waals surface area contributed by atoms with Gasteiger partial charge in [-0.05, 0) is 32.6 Å². The van der Waals surface area contributed by atoms with Crippen molar-refractivity contribution in [1.82, 2.24) is 0 Å². The van der Waals surface area contributed by atoms with E-state index in [0.717, 1.165) is 5.92 Å². The Balaban J connectivity index is 2.29. The minimum atomic E-state index is 0.898. The third kappa shape index (κ3) is 1.30. The van der Waals surface area contributed by atoms with Crippen molar-refractivity contribution in [3.05, 3.63) is 34.9 Å². The maximum absolute atomic E-state index is 2.28. The maximum atomic E-state index is 2.28. The Kier molecular flexibility index (Phi) is 1.49. The standard InChI is InChI=1S/C11H14/c1-8-4-3-5-10-7-11(10)6-9(8)2/h3-5,11H,6-7H2,1-2H3. The van der Waals surface area contributed by atoms with Crippen molar-refractivity contribution < 1.29 is 0 Å². The summed E-state index contributed by atoms with van der Waals surface area (Å²) in [5.74, 6) is 0.898. The Bertz CT molecular complexity index is 264. The lowest BCUT2D eigenvalue weighted by molar-refractivity contribution is 0.838. The molecule has 0 nitrogen and oxygen atoms in total. The fourth-order valence-corrected chi connectivity index (χ4v) is 1.62. The maximum Gasteiger partial charge on any atom is -0.0125 e. The summed E-state index contributed by atoms with van der Waals surface area (Å²) in [5.41, 5.74) is 4.66. The Morgan fingerprint density at radius 1 is 1.27 bits per heavy atom. The molecule has 1 atom stereocenters. The minimum absolute atomic E-state index is 0.898. The molecule has 0 bridgehead atoms. The van der Waals surface area contributed by atoms with Gasteiger partial charge in [0, 0.05) is 0 Å². The van der Waals surface area contributed by atoms with Crippen LogP contribution in [0.1, 0.15) is 26.7 Å². The number of allylic oxidation sites excluding steroid dienone is 6. The molecule has 0 amide bonds. The van der Waals surface area contributed by atoms with Crippen molar-refractivity contribution in [3.8, 4) is 0 Å². The van der Waals surface area contributed by atoms with Crippen LogP contribution in [0.15, 0.2) is 34.9 Å². The highest BCUT2D eigenvalue weighted by atomic mass is 14.3. The molecule has 11 heavy (non-hydrogen) atoms. The van der Waals surface area contributed by atoms with E-state index >= 15 is 0 Å². The van der Waals surface area contributed by atoms with Crippen LogP contribution in [0.2, 0.25) is 0 Å². The fraction of sp³-hybridized carbons (Fsp3) is 0.455. The Morgan fingerprint density at radius 2 is 2.09 bits per heavy atom. The highest BCUT2D eigenvalue weighted by Crippen LogP contribution is 2.43. The van der Waals surface area contributed by atoms with Gasteiger partial charge >= 0.3 is 0 Å². The summed E-state index contributed by atoms with van der Waals surface area (Å²) in [4.78, 5) is 0. The van der Waals surface area contributed by atoms with Crippen LogP contribution in [0.25, 0.3) is 0 Å². The van der Waals surface area contributed by atoms with Gasteiger partial charge in [-0.1, -0.05) is 34.9 Å². The van der Waals surface area contributed by atoms with Crippen LogP contribution in [0.4, 0.5) is 0 Å². The van der Waals surface area contributed by atoms with Crippen LogP contribution < -0.4 is 0 Å². The molecule has 0 heterocycles. The predicted octanol–water partition coefficient (Wildman–Crippen LogP) is 3.23. The second-order valence-electron chi connectivity index (χ2n) is 3.67. The van der Waals surface area contributed by atoms with Gasteiger partial charge in [-0.3, -0.25) is 0 Å². The molecule has 0 aromatic rings. The van der Waals surface area contributed by atoms with Gasteiger partial charge in [0.05, 0.1) is 0 Å². The van der Waals surface area contributed by atoms with Crippen LogP contribution in [-0.2, 0) is 0 Å². The summed E-state index contributed by atoms with van der Waals surface area (Å²) >= 11 is 0. The van der Waals surface area contributed by atoms with E-state index in [1.165, 1.54) is 18.4 Å². The van der Waals surface area contributed by atoms with Gasteiger partial charge in [0.15, 0.2) is 0 Å². The largest absolute Gasteiger partial charge is 0.0698 e. The van der Waals surface area contributed by atoms with E-state index in [0.29, 0.717) is 0 Å². The third-order valence-corrected chi connectivity index (χ3v) is 2.73. The molecule has 1 saturated carbocycles. The zero-order valence-electron chi connectivity index (χ0n) is 7.22. The van der Waals surface area contributed by atoms with Crippen molar-refractivity contribution >= 4 is 0 Å². The third-order valence-electron chi connectivity index (χ3n) is 2.73. The number of rotatable bonds is 0. The first kappa shape index (κ1) is 6.90. The van der Waals surface area contributed by atoms with Gasteiger partial charge in [-0.25, -0.2) is 0 Å². The van der Waals surface area contributed by atoms with Gasteiger partial charge in [-0.15, -0.1) is 0 Å². The second kappa shape index (κ2) is 2.37. The summed E-state index contributed by atoms with van der Waals surface area (Å²) in [6.45, 7) is 4.45. The summed E-state index contributed by atoms with van der Waals surface area (Å²) in [6, 6.07) is 0. The van der Waals surface area contributed by atoms with Crippen LogP contribution >= 0.6 is 0 Å². The molecule has 1 fully saturated rings. The van der Waals surface area contributed by atoms with Crippen LogP contribution in [-0.4, -0.2) is 0 Å². The van der Waals surface area contributed by atoms with Crippen molar-refractivity contribution in [2.45, 2.75) is 26.7 Å². The zero-order chi connectivity index (χ0) is 7.84. The van der Waals surface area contributed by atoms with E-state index < -0.39 is 0 Å². The summed E-state index contributed by atoms with van der Waals surface area (Å²) in [5, 5.41) is 0. The normalized spacial score (nSPS) is 28.9. The first-order valence-corrected chi connectivity index (χ1v) is 4.31. The first-order chi connectivity index (χ1) is 5.27. The Morgan fingerprint density at radius 3 is 2.91 bits per heavy atom. The smallest absolute Gasteiger partial charge is 0.0125 e. The van der Waals surface area contributed by atoms with Crippen molar-refractivity contribution in [2.24, 2.45) is 5.92 Å². The van der Waals surface area contributed by atoms with Gasteiger partial charge in [0.25, 0.3) is 0 Å². The minimum Gasteiger partial charge on any atom is -0.0698 e. The Hall–Kier alpha value is -0.780. The summed E-state index contributed by atoms with van der Waals surface area (Å²) < 4.78 is 0. The lowest BCUT2D eigenvalue weighted by atomic mass is 10.0. The molecule has 0 heteroatoms. The van der Waals surface area contributed by atoms with Crippen molar-refractivity contribution in [1.29, 1.82) is 0 Å². The number of hydrogen-bond acceptors (Lipinski definition) is 0. The van der Waals surface area contributed by atoms with Gasteiger partial charge in [0.2, 0.25) is 0 Å². The quantitative estimate of drug-likeness (QED) is 0.492. The first-order valence-electron chi connectivity index (χ1n) is 4.31. The van der Waals surface area contributed by atoms with Crippen LogP contribution in [0.5, 0.6) is 0 Å². The molecular formula is C11H14. The molecule has 2 rings (SSSR count). The molecule has 1 unspecified atom stereocenters. The van der Waals surface area contributed by atoms with Crippen LogP contribution in [0, 0.1) is 5.92 Å². The van der Waals surface area contributed by atoms with Crippen molar-refractivity contribution in [2.75, 3.05) is 0 Å². The molecule has 2 aliphatic carbocycles. The van der Waals surface area contributed by atoms with Gasteiger partial charge in [-0.2, -0.15) is 0 Å². The number of hydrogen-bond donors (Lipinski definition) is 0. The molecule has 0 N–H and O–H groups in total. The van der Waals surface area contributed by atoms with Crippen molar-refractivity contribution in [3.63, 3.8) is 0 Å². The Labute approximate surface area is 68.3 Å². The van der Waals surface area contributed by atoms with E-state index in [9.17, 15) is 0 Å². The highest BCUT2D eigenvalue weighted by Gasteiger charge is 2.29. The van der Waals surface area contributed by atoms with Crippen LogP contribution in [0.3, 0.4) is 0 Å². The zero-order valence-corrected chi connectivity index (χ0v) is 7.22. The summed E-state index contributed by atoms with van der Waals surface area (Å²) in [7, 11) is 0.